The number of carboxylic acids is 2. The van der Waals surface area contributed by atoms with E-state index in [9.17, 15) is 30.0 Å². The van der Waals surface area contributed by atoms with Crippen molar-refractivity contribution in [2.75, 3.05) is 0 Å². The largest absolute Gasteiger partial charge is 2.00 e. The predicted octanol–water partition coefficient (Wildman–Crippen LogP) is 7.49. The summed E-state index contributed by atoms with van der Waals surface area (Å²) in [4.78, 5) is 20.4. The molecule has 0 aromatic carbocycles. The number of aliphatic hydroxyl groups is 2. The fourth-order valence-electron chi connectivity index (χ4n) is 4.72. The van der Waals surface area contributed by atoms with Crippen LogP contribution in [0.2, 0.25) is 0 Å². The number of carboxylic acid groups (broad SMARTS) is 2. The average molecular weight is 707 g/mol. The standard InChI is InChI=1S/2C18H34O3.Cd/c2*1-2-3-4-11-14-17(19)15-12-9-7-5-6-8-10-13-16-18(20)21;/h2*9,12,17,19H,2-8,10-11,13-16H2,1H3,(H,20,21);/q;;+2/p-2. The third-order valence-corrected chi connectivity index (χ3v) is 7.43. The van der Waals surface area contributed by atoms with Gasteiger partial charge in [-0.15, -0.1) is 0 Å². The molecule has 0 radical (unpaired) electrons. The molecule has 0 aliphatic heterocycles. The Morgan fingerprint density at radius 1 is 0.512 bits per heavy atom. The number of allylic oxidation sites excluding steroid dienone is 2. The van der Waals surface area contributed by atoms with Crippen molar-refractivity contribution in [1.82, 2.24) is 0 Å². The molecule has 6 nitrogen and oxygen atoms in total. The first-order valence-corrected chi connectivity index (χ1v) is 17.4. The van der Waals surface area contributed by atoms with Crippen LogP contribution in [0.3, 0.4) is 0 Å². The van der Waals surface area contributed by atoms with E-state index in [0.29, 0.717) is 0 Å². The smallest absolute Gasteiger partial charge is 0.550 e. The van der Waals surface area contributed by atoms with Gasteiger partial charge in [0.25, 0.3) is 0 Å². The molecule has 0 aliphatic carbocycles. The van der Waals surface area contributed by atoms with Crippen molar-refractivity contribution >= 4 is 11.9 Å². The minimum absolute atomic E-state index is 0. The molecule has 43 heavy (non-hydrogen) atoms. The first-order chi connectivity index (χ1) is 20.3. The number of unbranched alkanes of at least 4 members (excludes halogenated alkanes) is 16. The molecule has 0 aliphatic rings. The van der Waals surface area contributed by atoms with Crippen LogP contribution in [0.5, 0.6) is 0 Å². The van der Waals surface area contributed by atoms with Gasteiger partial charge in [0.1, 0.15) is 0 Å². The van der Waals surface area contributed by atoms with E-state index >= 15 is 0 Å². The molecule has 0 aromatic heterocycles. The maximum atomic E-state index is 10.2. The molecule has 7 heteroatoms. The molecule has 248 valence electrons. The van der Waals surface area contributed by atoms with E-state index in [4.69, 9.17) is 0 Å². The third kappa shape index (κ3) is 45.8. The molecule has 0 rings (SSSR count). The maximum absolute atomic E-state index is 10.2. The number of hydrogen-bond acceptors (Lipinski definition) is 6. The Morgan fingerprint density at radius 3 is 1.19 bits per heavy atom. The molecule has 0 fully saturated rings. The van der Waals surface area contributed by atoms with Gasteiger partial charge in [-0.05, 0) is 77.0 Å². The first kappa shape index (κ1) is 46.7. The fraction of sp³-hybridized carbons (Fsp3) is 0.833. The van der Waals surface area contributed by atoms with Crippen LogP contribution in [0.4, 0.5) is 0 Å². The number of aliphatic carboxylic acids is 2. The number of carbonyl (C=O) groups is 2. The summed E-state index contributed by atoms with van der Waals surface area (Å²) in [6.45, 7) is 4.39. The Bertz CT molecular complexity index is 583. The molecule has 2 N–H and O–H groups in total. The zero-order chi connectivity index (χ0) is 31.5. The Labute approximate surface area is 285 Å². The molecule has 2 atom stereocenters. The number of hydrogen-bond donors (Lipinski definition) is 2. The second kappa shape index (κ2) is 39.3. The van der Waals surface area contributed by atoms with E-state index < -0.39 is 11.9 Å². The maximum Gasteiger partial charge on any atom is 2.00 e. The molecular formula is C36H66CdO6. The summed E-state index contributed by atoms with van der Waals surface area (Å²) in [5, 5.41) is 40.0. The predicted molar refractivity (Wildman–Crippen MR) is 172 cm³/mol. The summed E-state index contributed by atoms with van der Waals surface area (Å²) in [5.74, 6) is -1.88. The molecule has 0 saturated carbocycles. The Balaban J connectivity index is -0.000000727. The van der Waals surface area contributed by atoms with E-state index in [2.05, 4.69) is 38.2 Å². The summed E-state index contributed by atoms with van der Waals surface area (Å²) in [6.07, 6.45) is 34.0. The van der Waals surface area contributed by atoms with Crippen LogP contribution in [0.15, 0.2) is 24.3 Å². The SMILES string of the molecule is CCCCCCC(O)CC=CCCCCCCCC(=O)[O-].CCCCCCC(O)CC=CCCCCCCCC(=O)[O-].[Cd+2]. The van der Waals surface area contributed by atoms with E-state index in [0.717, 1.165) is 116 Å². The van der Waals surface area contributed by atoms with Crippen LogP contribution in [0.25, 0.3) is 0 Å². The van der Waals surface area contributed by atoms with Crippen molar-refractivity contribution in [3.8, 4) is 0 Å². The van der Waals surface area contributed by atoms with Crippen LogP contribution >= 0.6 is 0 Å². The van der Waals surface area contributed by atoms with E-state index in [1.165, 1.54) is 38.5 Å². The molecule has 0 amide bonds. The monoisotopic (exact) mass is 708 g/mol. The summed E-state index contributed by atoms with van der Waals surface area (Å²) in [5.41, 5.74) is 0. The summed E-state index contributed by atoms with van der Waals surface area (Å²) >= 11 is 0. The van der Waals surface area contributed by atoms with Crippen LogP contribution in [-0.4, -0.2) is 34.4 Å². The second-order valence-corrected chi connectivity index (χ2v) is 11.8. The molecule has 0 spiro atoms. The molecule has 0 heterocycles. The normalized spacial score (nSPS) is 12.6. The zero-order valence-electron chi connectivity index (χ0n) is 28.1. The minimum Gasteiger partial charge on any atom is -0.550 e. The second-order valence-electron chi connectivity index (χ2n) is 11.8. The van der Waals surface area contributed by atoms with Crippen LogP contribution < -0.4 is 10.2 Å². The van der Waals surface area contributed by atoms with E-state index in [1.54, 1.807) is 0 Å². The van der Waals surface area contributed by atoms with Crippen LogP contribution in [0.1, 0.15) is 181 Å². The van der Waals surface area contributed by atoms with Crippen molar-refractivity contribution < 1.29 is 57.3 Å². The molecule has 0 saturated heterocycles. The fourth-order valence-corrected chi connectivity index (χ4v) is 4.72. The quantitative estimate of drug-likeness (QED) is 0.0454. The Hall–Kier alpha value is -0.738. The van der Waals surface area contributed by atoms with Crippen molar-refractivity contribution in [3.05, 3.63) is 24.3 Å². The van der Waals surface area contributed by atoms with Gasteiger partial charge in [0.2, 0.25) is 0 Å². The van der Waals surface area contributed by atoms with Gasteiger partial charge in [0, 0.05) is 11.9 Å². The van der Waals surface area contributed by atoms with Gasteiger partial charge in [-0.1, -0.05) is 128 Å². The average Bonchev–Trinajstić information content (AvgIpc) is 2.95. The topological polar surface area (TPSA) is 121 Å². The van der Waals surface area contributed by atoms with Gasteiger partial charge in [0.15, 0.2) is 0 Å². The summed E-state index contributed by atoms with van der Waals surface area (Å²) in [7, 11) is 0. The Morgan fingerprint density at radius 2 is 0.837 bits per heavy atom. The minimum atomic E-state index is -0.939. The van der Waals surface area contributed by atoms with Gasteiger partial charge in [-0.3, -0.25) is 0 Å². The van der Waals surface area contributed by atoms with Gasteiger partial charge < -0.3 is 30.0 Å². The van der Waals surface area contributed by atoms with E-state index in [1.807, 2.05) is 0 Å². The van der Waals surface area contributed by atoms with Gasteiger partial charge in [-0.25, -0.2) is 0 Å². The van der Waals surface area contributed by atoms with Crippen molar-refractivity contribution in [2.45, 2.75) is 193 Å². The van der Waals surface area contributed by atoms with Crippen molar-refractivity contribution in [1.29, 1.82) is 0 Å². The summed E-state index contributed by atoms with van der Waals surface area (Å²) in [6, 6.07) is 0. The van der Waals surface area contributed by atoms with E-state index in [-0.39, 0.29) is 52.3 Å². The van der Waals surface area contributed by atoms with Crippen LogP contribution in [0, 0.1) is 0 Å². The van der Waals surface area contributed by atoms with Crippen LogP contribution in [-0.2, 0) is 36.9 Å². The molecule has 2 unspecified atom stereocenters. The summed E-state index contributed by atoms with van der Waals surface area (Å²) < 4.78 is 0. The number of carbonyl (C=O) groups excluding carboxylic acids is 2. The van der Waals surface area contributed by atoms with Crippen molar-refractivity contribution in [2.24, 2.45) is 0 Å². The molecule has 0 aromatic rings. The number of rotatable bonds is 30. The van der Waals surface area contributed by atoms with Gasteiger partial charge in [-0.2, -0.15) is 0 Å². The van der Waals surface area contributed by atoms with Crippen molar-refractivity contribution in [3.63, 3.8) is 0 Å². The Kier molecular flexibility index (Phi) is 42.6. The van der Waals surface area contributed by atoms with Gasteiger partial charge in [0.05, 0.1) is 12.2 Å². The number of aliphatic hydroxyl groups excluding tert-OH is 2. The first-order valence-electron chi connectivity index (χ1n) is 17.4. The molecule has 0 bridgehead atoms. The molecular weight excluding hydrogens is 641 g/mol. The zero-order valence-corrected chi connectivity index (χ0v) is 32.1. The third-order valence-electron chi connectivity index (χ3n) is 7.43. The van der Waals surface area contributed by atoms with Gasteiger partial charge >= 0.3 is 27.3 Å².